The zero-order valence-corrected chi connectivity index (χ0v) is 19.7. The largest absolute Gasteiger partial charge is 0.464 e. The van der Waals surface area contributed by atoms with E-state index in [1.807, 2.05) is 12.1 Å². The second-order valence-electron chi connectivity index (χ2n) is 7.99. The van der Waals surface area contributed by atoms with E-state index >= 15 is 0 Å². The van der Waals surface area contributed by atoms with Gasteiger partial charge in [-0.2, -0.15) is 0 Å². The summed E-state index contributed by atoms with van der Waals surface area (Å²) in [6, 6.07) is 16.1. The quantitative estimate of drug-likeness (QED) is 0.503. The van der Waals surface area contributed by atoms with Gasteiger partial charge in [0.2, 0.25) is 5.91 Å². The maximum atomic E-state index is 13.4. The van der Waals surface area contributed by atoms with Crippen molar-refractivity contribution >= 4 is 35.1 Å². The van der Waals surface area contributed by atoms with Crippen molar-refractivity contribution in [1.82, 2.24) is 15.1 Å². The van der Waals surface area contributed by atoms with Gasteiger partial charge >= 0.3 is 6.03 Å². The normalized spacial score (nSPS) is 15.4. The van der Waals surface area contributed by atoms with Crippen LogP contribution in [-0.4, -0.2) is 59.9 Å². The molecule has 0 spiro atoms. The van der Waals surface area contributed by atoms with Crippen molar-refractivity contribution in [3.05, 3.63) is 90.2 Å². The van der Waals surface area contributed by atoms with Crippen LogP contribution in [0.1, 0.15) is 10.4 Å². The molecule has 35 heavy (non-hydrogen) atoms. The lowest BCUT2D eigenvalue weighted by Gasteiger charge is -2.40. The van der Waals surface area contributed by atoms with Gasteiger partial charge in [0.25, 0.3) is 5.91 Å². The SMILES string of the molecule is C=CCNC(=O)N1CCN(C(=O)c2cccc(-c3ccco3)c2)CC1C(=O)Nc1ccc(Cl)cc1. The first kappa shape index (κ1) is 24.1. The summed E-state index contributed by atoms with van der Waals surface area (Å²) in [5.41, 5.74) is 1.79. The minimum absolute atomic E-state index is 0.0464. The standard InChI is InChI=1S/C26H25ClN4O4/c1-2-12-28-26(34)31-14-13-30(17-22(31)24(32)29-21-10-8-20(27)9-11-21)25(33)19-6-3-5-18(16-19)23-7-4-15-35-23/h2-11,15-16,22H,1,12-14,17H2,(H,28,34)(H,29,32). The molecule has 0 bridgehead atoms. The van der Waals surface area contributed by atoms with Crippen LogP contribution in [-0.2, 0) is 4.79 Å². The molecule has 1 fully saturated rings. The zero-order valence-electron chi connectivity index (χ0n) is 18.9. The van der Waals surface area contributed by atoms with E-state index in [1.165, 1.54) is 4.90 Å². The minimum Gasteiger partial charge on any atom is -0.464 e. The minimum atomic E-state index is -0.888. The van der Waals surface area contributed by atoms with Gasteiger partial charge in [0.1, 0.15) is 11.8 Å². The van der Waals surface area contributed by atoms with E-state index in [-0.39, 0.29) is 32.1 Å². The number of nitrogens with zero attached hydrogens (tertiary/aromatic N) is 2. The lowest BCUT2D eigenvalue weighted by atomic mass is 10.1. The molecule has 1 atom stereocenters. The smallest absolute Gasteiger partial charge is 0.318 e. The molecule has 1 aromatic heterocycles. The maximum absolute atomic E-state index is 13.4. The molecule has 4 amide bonds. The van der Waals surface area contributed by atoms with Gasteiger partial charge in [-0.1, -0.05) is 29.8 Å². The van der Waals surface area contributed by atoms with Crippen LogP contribution in [0.25, 0.3) is 11.3 Å². The van der Waals surface area contributed by atoms with Crippen molar-refractivity contribution in [2.75, 3.05) is 31.5 Å². The highest BCUT2D eigenvalue weighted by atomic mass is 35.5. The van der Waals surface area contributed by atoms with Crippen molar-refractivity contribution in [2.45, 2.75) is 6.04 Å². The number of benzene rings is 2. The summed E-state index contributed by atoms with van der Waals surface area (Å²) in [7, 11) is 0. The molecule has 0 saturated carbocycles. The second-order valence-corrected chi connectivity index (χ2v) is 8.43. The average molecular weight is 493 g/mol. The Kier molecular flexibility index (Phi) is 7.52. The first-order valence-electron chi connectivity index (χ1n) is 11.1. The summed E-state index contributed by atoms with van der Waals surface area (Å²) in [5, 5.41) is 6.07. The highest BCUT2D eigenvalue weighted by molar-refractivity contribution is 6.30. The first-order valence-corrected chi connectivity index (χ1v) is 11.5. The van der Waals surface area contributed by atoms with Gasteiger partial charge in [-0.25, -0.2) is 4.79 Å². The molecular formula is C26H25ClN4O4. The van der Waals surface area contributed by atoms with Crippen LogP contribution in [0.4, 0.5) is 10.5 Å². The third kappa shape index (κ3) is 5.73. The number of rotatable bonds is 6. The Morgan fingerprint density at radius 3 is 2.60 bits per heavy atom. The molecule has 9 heteroatoms. The summed E-state index contributed by atoms with van der Waals surface area (Å²) in [5.74, 6) is 0.0281. The van der Waals surface area contributed by atoms with Gasteiger partial charge in [-0.3, -0.25) is 9.59 Å². The van der Waals surface area contributed by atoms with E-state index in [1.54, 1.807) is 65.8 Å². The van der Waals surface area contributed by atoms with E-state index in [0.29, 0.717) is 22.0 Å². The molecule has 1 unspecified atom stereocenters. The van der Waals surface area contributed by atoms with Crippen LogP contribution in [0.3, 0.4) is 0 Å². The molecule has 1 aliphatic rings. The van der Waals surface area contributed by atoms with Crippen LogP contribution in [0.15, 0.2) is 84.0 Å². The Bertz CT molecular complexity index is 1210. The van der Waals surface area contributed by atoms with E-state index < -0.39 is 18.0 Å². The number of halogens is 1. The fourth-order valence-electron chi connectivity index (χ4n) is 3.89. The molecule has 4 rings (SSSR count). The molecular weight excluding hydrogens is 468 g/mol. The van der Waals surface area contributed by atoms with Crippen molar-refractivity contribution in [2.24, 2.45) is 0 Å². The van der Waals surface area contributed by atoms with Crippen molar-refractivity contribution in [3.63, 3.8) is 0 Å². The lowest BCUT2D eigenvalue weighted by Crippen LogP contribution is -2.62. The number of urea groups is 1. The Hall–Kier alpha value is -4.04. The number of nitrogens with one attached hydrogen (secondary N) is 2. The summed E-state index contributed by atoms with van der Waals surface area (Å²) in [6.45, 7) is 4.41. The van der Waals surface area contributed by atoms with E-state index in [4.69, 9.17) is 16.0 Å². The molecule has 2 aromatic carbocycles. The summed E-state index contributed by atoms with van der Waals surface area (Å²) in [4.78, 5) is 42.3. The zero-order chi connectivity index (χ0) is 24.8. The van der Waals surface area contributed by atoms with Crippen molar-refractivity contribution in [3.8, 4) is 11.3 Å². The topological polar surface area (TPSA) is 94.9 Å². The Morgan fingerprint density at radius 1 is 1.09 bits per heavy atom. The van der Waals surface area contributed by atoms with Crippen LogP contribution in [0, 0.1) is 0 Å². The predicted molar refractivity (Wildman–Crippen MR) is 134 cm³/mol. The van der Waals surface area contributed by atoms with Gasteiger partial charge in [-0.15, -0.1) is 6.58 Å². The van der Waals surface area contributed by atoms with Gasteiger partial charge in [0.15, 0.2) is 0 Å². The van der Waals surface area contributed by atoms with Crippen molar-refractivity contribution in [1.29, 1.82) is 0 Å². The van der Waals surface area contributed by atoms with Crippen LogP contribution < -0.4 is 10.6 Å². The van der Waals surface area contributed by atoms with Crippen LogP contribution >= 0.6 is 11.6 Å². The fraction of sp³-hybridized carbons (Fsp3) is 0.192. The van der Waals surface area contributed by atoms with Crippen LogP contribution in [0.2, 0.25) is 5.02 Å². The molecule has 1 saturated heterocycles. The molecule has 0 aliphatic carbocycles. The molecule has 0 radical (unpaired) electrons. The number of hydrogen-bond acceptors (Lipinski definition) is 4. The highest BCUT2D eigenvalue weighted by Crippen LogP contribution is 2.23. The molecule has 8 nitrogen and oxygen atoms in total. The molecule has 1 aliphatic heterocycles. The Balaban J connectivity index is 1.54. The summed E-state index contributed by atoms with van der Waals surface area (Å²) >= 11 is 5.93. The van der Waals surface area contributed by atoms with E-state index in [2.05, 4.69) is 17.2 Å². The van der Waals surface area contributed by atoms with Crippen molar-refractivity contribution < 1.29 is 18.8 Å². The Morgan fingerprint density at radius 2 is 1.89 bits per heavy atom. The van der Waals surface area contributed by atoms with Gasteiger partial charge in [-0.05, 0) is 48.5 Å². The van der Waals surface area contributed by atoms with E-state index in [0.717, 1.165) is 5.56 Å². The molecule has 180 valence electrons. The molecule has 2 heterocycles. The average Bonchev–Trinajstić information content (AvgIpc) is 3.43. The number of anilines is 1. The summed E-state index contributed by atoms with van der Waals surface area (Å²) < 4.78 is 5.44. The van der Waals surface area contributed by atoms with Gasteiger partial charge in [0.05, 0.1) is 12.8 Å². The second kappa shape index (κ2) is 10.9. The van der Waals surface area contributed by atoms with E-state index in [9.17, 15) is 14.4 Å². The number of carbonyl (C=O) groups excluding carboxylic acids is 3. The first-order chi connectivity index (χ1) is 17.0. The number of piperazine rings is 1. The van der Waals surface area contributed by atoms with Gasteiger partial charge < -0.3 is 24.9 Å². The monoisotopic (exact) mass is 492 g/mol. The highest BCUT2D eigenvalue weighted by Gasteiger charge is 2.37. The molecule has 2 N–H and O–H groups in total. The number of carbonyl (C=O) groups is 3. The third-order valence-corrected chi connectivity index (χ3v) is 5.91. The Labute approximate surface area is 208 Å². The lowest BCUT2D eigenvalue weighted by molar-refractivity contribution is -0.121. The predicted octanol–water partition coefficient (Wildman–Crippen LogP) is 4.26. The molecule has 3 aromatic rings. The maximum Gasteiger partial charge on any atom is 0.318 e. The van der Waals surface area contributed by atoms with Gasteiger partial charge in [0, 0.05) is 41.5 Å². The van der Waals surface area contributed by atoms with Crippen LogP contribution in [0.5, 0.6) is 0 Å². The number of furan rings is 1. The number of hydrogen-bond donors (Lipinski definition) is 2. The number of amides is 4. The fourth-order valence-corrected chi connectivity index (χ4v) is 4.01. The summed E-state index contributed by atoms with van der Waals surface area (Å²) in [6.07, 6.45) is 3.14. The third-order valence-electron chi connectivity index (χ3n) is 5.66.